The predicted molar refractivity (Wildman–Crippen MR) is 123 cm³/mol. The van der Waals surface area contributed by atoms with Gasteiger partial charge in [0.15, 0.2) is 0 Å². The molecule has 6 nitrogen and oxygen atoms in total. The second-order valence-electron chi connectivity index (χ2n) is 7.15. The molecule has 0 aliphatic carbocycles. The van der Waals surface area contributed by atoms with E-state index in [4.69, 9.17) is 4.74 Å². The first-order chi connectivity index (χ1) is 14.8. The molecule has 0 unspecified atom stereocenters. The van der Waals surface area contributed by atoms with Gasteiger partial charge in [0, 0.05) is 12.1 Å². The van der Waals surface area contributed by atoms with E-state index in [1.807, 2.05) is 26.0 Å². The number of carbonyl (C=O) groups is 1. The Labute approximate surface area is 183 Å². The van der Waals surface area contributed by atoms with Crippen molar-refractivity contribution in [1.82, 2.24) is 0 Å². The van der Waals surface area contributed by atoms with Crippen molar-refractivity contribution in [2.75, 3.05) is 16.2 Å². The van der Waals surface area contributed by atoms with E-state index in [-0.39, 0.29) is 23.5 Å². The van der Waals surface area contributed by atoms with Crippen LogP contribution < -0.4 is 14.4 Å². The molecule has 0 spiro atoms. The molecule has 0 aliphatic heterocycles. The third-order valence-electron chi connectivity index (χ3n) is 4.53. The smallest absolute Gasteiger partial charge is 0.264 e. The highest BCUT2D eigenvalue weighted by molar-refractivity contribution is 7.92. The van der Waals surface area contributed by atoms with Gasteiger partial charge < -0.3 is 10.1 Å². The first-order valence-electron chi connectivity index (χ1n) is 10.1. The summed E-state index contributed by atoms with van der Waals surface area (Å²) < 4.78 is 33.0. The molecule has 3 aromatic rings. The Balaban J connectivity index is 1.80. The lowest BCUT2D eigenvalue weighted by atomic mass is 10.2. The molecule has 31 heavy (non-hydrogen) atoms. The van der Waals surface area contributed by atoms with Crippen LogP contribution in [0.4, 0.5) is 11.4 Å². The maximum Gasteiger partial charge on any atom is 0.264 e. The van der Waals surface area contributed by atoms with Crippen LogP contribution in [-0.4, -0.2) is 27.0 Å². The molecule has 1 N–H and O–H groups in total. The fourth-order valence-electron chi connectivity index (χ4n) is 3.11. The number of benzene rings is 3. The van der Waals surface area contributed by atoms with Crippen LogP contribution in [0.25, 0.3) is 0 Å². The molecule has 0 aromatic heterocycles. The molecule has 0 saturated heterocycles. The molecule has 1 amide bonds. The van der Waals surface area contributed by atoms with Gasteiger partial charge in [-0.2, -0.15) is 0 Å². The SMILES string of the molecule is CCN(c1ccc(C(=O)Nc2ccccc2OC(C)C)cc1)S(=O)(=O)c1ccccc1. The predicted octanol–water partition coefficient (Wildman–Crippen LogP) is 4.94. The van der Waals surface area contributed by atoms with E-state index >= 15 is 0 Å². The molecule has 3 aromatic carbocycles. The maximum absolute atomic E-state index is 13.0. The van der Waals surface area contributed by atoms with Crippen molar-refractivity contribution in [2.24, 2.45) is 0 Å². The molecule has 162 valence electrons. The van der Waals surface area contributed by atoms with Gasteiger partial charge >= 0.3 is 0 Å². The number of nitrogens with zero attached hydrogens (tertiary/aromatic N) is 1. The molecule has 0 bridgehead atoms. The zero-order valence-electron chi connectivity index (χ0n) is 17.8. The second kappa shape index (κ2) is 9.66. The van der Waals surface area contributed by atoms with Crippen molar-refractivity contribution in [3.63, 3.8) is 0 Å². The van der Waals surface area contributed by atoms with Crippen LogP contribution in [0.3, 0.4) is 0 Å². The maximum atomic E-state index is 13.0. The minimum Gasteiger partial charge on any atom is -0.489 e. The summed E-state index contributed by atoms with van der Waals surface area (Å²) in [4.78, 5) is 12.9. The second-order valence-corrected chi connectivity index (χ2v) is 9.01. The van der Waals surface area contributed by atoms with Crippen LogP contribution in [0.5, 0.6) is 5.75 Å². The van der Waals surface area contributed by atoms with Gasteiger partial charge in [-0.1, -0.05) is 30.3 Å². The first-order valence-corrected chi connectivity index (χ1v) is 11.5. The number of para-hydroxylation sites is 2. The van der Waals surface area contributed by atoms with Gasteiger partial charge in [0.25, 0.3) is 15.9 Å². The Morgan fingerprint density at radius 1 is 0.935 bits per heavy atom. The van der Waals surface area contributed by atoms with Gasteiger partial charge in [-0.3, -0.25) is 9.10 Å². The molecule has 7 heteroatoms. The number of nitrogens with one attached hydrogen (secondary N) is 1. The average Bonchev–Trinajstić information content (AvgIpc) is 2.76. The van der Waals surface area contributed by atoms with Crippen molar-refractivity contribution in [1.29, 1.82) is 0 Å². The third kappa shape index (κ3) is 5.24. The van der Waals surface area contributed by atoms with Crippen LogP contribution in [0.2, 0.25) is 0 Å². The highest BCUT2D eigenvalue weighted by Crippen LogP contribution is 2.27. The summed E-state index contributed by atoms with van der Waals surface area (Å²) in [5, 5.41) is 2.86. The summed E-state index contributed by atoms with van der Waals surface area (Å²) in [5.41, 5.74) is 1.48. The van der Waals surface area contributed by atoms with E-state index in [2.05, 4.69) is 5.32 Å². The van der Waals surface area contributed by atoms with Crippen molar-refractivity contribution < 1.29 is 17.9 Å². The lowest BCUT2D eigenvalue weighted by Gasteiger charge is -2.23. The van der Waals surface area contributed by atoms with E-state index in [9.17, 15) is 13.2 Å². The summed E-state index contributed by atoms with van der Waals surface area (Å²) in [6.07, 6.45) is -0.0241. The van der Waals surface area contributed by atoms with Gasteiger partial charge in [-0.25, -0.2) is 8.42 Å². The van der Waals surface area contributed by atoms with E-state index in [0.29, 0.717) is 22.7 Å². The Bertz CT molecular complexity index is 1130. The minimum atomic E-state index is -3.69. The normalized spacial score (nSPS) is 11.2. The van der Waals surface area contributed by atoms with Gasteiger partial charge in [0.1, 0.15) is 5.75 Å². The monoisotopic (exact) mass is 438 g/mol. The summed E-state index contributed by atoms with van der Waals surface area (Å²) in [5.74, 6) is 0.286. The van der Waals surface area contributed by atoms with E-state index in [0.717, 1.165) is 0 Å². The summed E-state index contributed by atoms with van der Waals surface area (Å²) >= 11 is 0. The molecule has 3 rings (SSSR count). The lowest BCUT2D eigenvalue weighted by Crippen LogP contribution is -2.30. The molecule has 0 saturated carbocycles. The average molecular weight is 439 g/mol. The lowest BCUT2D eigenvalue weighted by molar-refractivity contribution is 0.102. The van der Waals surface area contributed by atoms with E-state index < -0.39 is 10.0 Å². The topological polar surface area (TPSA) is 75.7 Å². The van der Waals surface area contributed by atoms with E-state index in [1.54, 1.807) is 73.7 Å². The zero-order valence-corrected chi connectivity index (χ0v) is 18.6. The molecule has 0 atom stereocenters. The Hall–Kier alpha value is -3.32. The molecule has 0 heterocycles. The largest absolute Gasteiger partial charge is 0.489 e. The highest BCUT2D eigenvalue weighted by Gasteiger charge is 2.23. The summed E-state index contributed by atoms with van der Waals surface area (Å²) in [6.45, 7) is 5.87. The number of carbonyl (C=O) groups excluding carboxylic acids is 1. The van der Waals surface area contributed by atoms with E-state index in [1.165, 1.54) is 4.31 Å². The number of rotatable bonds is 8. The quantitative estimate of drug-likeness (QED) is 0.540. The number of ether oxygens (including phenoxy) is 1. The van der Waals surface area contributed by atoms with Gasteiger partial charge in [-0.05, 0) is 69.3 Å². The van der Waals surface area contributed by atoms with Crippen LogP contribution in [0, 0.1) is 0 Å². The standard InChI is InChI=1S/C24H26N2O4S/c1-4-26(31(28,29)21-10-6-5-7-11-21)20-16-14-19(15-17-20)24(27)25-22-12-8-9-13-23(22)30-18(2)3/h5-18H,4H2,1-3H3,(H,25,27). The Kier molecular flexibility index (Phi) is 6.97. The van der Waals surface area contributed by atoms with Crippen LogP contribution in [0.15, 0.2) is 83.8 Å². The number of sulfonamides is 1. The van der Waals surface area contributed by atoms with Crippen LogP contribution >= 0.6 is 0 Å². The third-order valence-corrected chi connectivity index (χ3v) is 6.45. The zero-order chi connectivity index (χ0) is 22.4. The minimum absolute atomic E-state index is 0.0241. The van der Waals surface area contributed by atoms with Gasteiger partial charge in [-0.15, -0.1) is 0 Å². The Morgan fingerprint density at radius 2 is 1.55 bits per heavy atom. The highest BCUT2D eigenvalue weighted by atomic mass is 32.2. The number of hydrogen-bond donors (Lipinski definition) is 1. The van der Waals surface area contributed by atoms with Crippen molar-refractivity contribution in [3.8, 4) is 5.75 Å². The molecule has 0 aliphatic rings. The molecular weight excluding hydrogens is 412 g/mol. The first kappa shape index (κ1) is 22.4. The molecule has 0 radical (unpaired) electrons. The fraction of sp³-hybridized carbons (Fsp3) is 0.208. The fourth-order valence-corrected chi connectivity index (χ4v) is 4.61. The Morgan fingerprint density at radius 3 is 2.16 bits per heavy atom. The summed E-state index contributed by atoms with van der Waals surface area (Å²) in [7, 11) is -3.69. The molecule has 0 fully saturated rings. The van der Waals surface area contributed by atoms with Crippen LogP contribution in [0.1, 0.15) is 31.1 Å². The van der Waals surface area contributed by atoms with Gasteiger partial charge in [0.05, 0.1) is 22.4 Å². The van der Waals surface area contributed by atoms with Crippen molar-refractivity contribution in [2.45, 2.75) is 31.8 Å². The van der Waals surface area contributed by atoms with Gasteiger partial charge in [0.2, 0.25) is 0 Å². The van der Waals surface area contributed by atoms with Crippen molar-refractivity contribution >= 4 is 27.3 Å². The number of amides is 1. The van der Waals surface area contributed by atoms with Crippen molar-refractivity contribution in [3.05, 3.63) is 84.4 Å². The number of hydrogen-bond acceptors (Lipinski definition) is 4. The van der Waals surface area contributed by atoms with Crippen LogP contribution in [-0.2, 0) is 10.0 Å². The molecular formula is C24H26N2O4S. The summed E-state index contributed by atoms with van der Waals surface area (Å²) in [6, 6.07) is 22.0. The number of anilines is 2.